The summed E-state index contributed by atoms with van der Waals surface area (Å²) >= 11 is 0. The van der Waals surface area contributed by atoms with Crippen molar-refractivity contribution in [1.82, 2.24) is 0 Å². The van der Waals surface area contributed by atoms with Crippen LogP contribution in [-0.4, -0.2) is 19.1 Å². The number of halogens is 1. The van der Waals surface area contributed by atoms with E-state index in [1.54, 1.807) is 0 Å². The van der Waals surface area contributed by atoms with Gasteiger partial charge in [-0.1, -0.05) is 17.7 Å². The van der Waals surface area contributed by atoms with Crippen LogP contribution in [0.5, 0.6) is 5.75 Å². The summed E-state index contributed by atoms with van der Waals surface area (Å²) in [6, 6.07) is 7.63. The van der Waals surface area contributed by atoms with Gasteiger partial charge in [0.15, 0.2) is 5.78 Å². The van der Waals surface area contributed by atoms with Crippen LogP contribution < -0.4 is 4.74 Å². The standard InChI is InChI=1S/C10H12O2.C2H5F/c1-8-3-5-10(6-4-8)12-7-9(2)11;1-2-3/h3-6H,7H2,1-2H3;2H2,1H3. The Morgan fingerprint density at radius 2 is 1.80 bits per heavy atom. The van der Waals surface area contributed by atoms with Crippen LogP contribution in [0.4, 0.5) is 4.39 Å². The lowest BCUT2D eigenvalue weighted by Crippen LogP contribution is -2.06. The number of ketones is 1. The van der Waals surface area contributed by atoms with Crippen LogP contribution in [0.2, 0.25) is 0 Å². The predicted molar refractivity (Wildman–Crippen MR) is 59.0 cm³/mol. The molecule has 15 heavy (non-hydrogen) atoms. The lowest BCUT2D eigenvalue weighted by atomic mass is 10.2. The summed E-state index contributed by atoms with van der Waals surface area (Å²) in [6.07, 6.45) is 0. The highest BCUT2D eigenvalue weighted by Gasteiger charge is 1.94. The Bertz CT molecular complexity index is 280. The molecule has 2 nitrogen and oxygen atoms in total. The van der Waals surface area contributed by atoms with Crippen LogP contribution in [-0.2, 0) is 4.79 Å². The fourth-order valence-electron chi connectivity index (χ4n) is 0.819. The number of hydrogen-bond acceptors (Lipinski definition) is 2. The van der Waals surface area contributed by atoms with Gasteiger partial charge in [0, 0.05) is 0 Å². The molecule has 0 bridgehead atoms. The summed E-state index contributed by atoms with van der Waals surface area (Å²) in [5.74, 6) is 0.784. The monoisotopic (exact) mass is 212 g/mol. The Labute approximate surface area is 90.1 Å². The number of rotatable bonds is 3. The average molecular weight is 212 g/mol. The van der Waals surface area contributed by atoms with E-state index in [-0.39, 0.29) is 19.1 Å². The third-order valence-electron chi connectivity index (χ3n) is 1.46. The van der Waals surface area contributed by atoms with Crippen LogP contribution in [0.1, 0.15) is 19.4 Å². The van der Waals surface area contributed by atoms with Gasteiger partial charge in [0.1, 0.15) is 12.4 Å². The van der Waals surface area contributed by atoms with E-state index in [9.17, 15) is 9.18 Å². The van der Waals surface area contributed by atoms with E-state index in [2.05, 4.69) is 0 Å². The highest BCUT2D eigenvalue weighted by molar-refractivity contribution is 5.77. The molecule has 0 spiro atoms. The van der Waals surface area contributed by atoms with Gasteiger partial charge < -0.3 is 4.74 Å². The predicted octanol–water partition coefficient (Wildman–Crippen LogP) is 2.94. The Kier molecular flexibility index (Phi) is 7.24. The molecule has 0 fully saturated rings. The van der Waals surface area contributed by atoms with Crippen molar-refractivity contribution in [2.75, 3.05) is 13.3 Å². The van der Waals surface area contributed by atoms with Crippen LogP contribution in [0.25, 0.3) is 0 Å². The second-order valence-electron chi connectivity index (χ2n) is 3.07. The molecule has 0 aliphatic carbocycles. The second kappa shape index (κ2) is 7.97. The van der Waals surface area contributed by atoms with Crippen molar-refractivity contribution < 1.29 is 13.9 Å². The quantitative estimate of drug-likeness (QED) is 0.770. The first kappa shape index (κ1) is 13.6. The van der Waals surface area contributed by atoms with E-state index in [1.807, 2.05) is 31.2 Å². The van der Waals surface area contributed by atoms with Gasteiger partial charge in [0.05, 0.1) is 6.67 Å². The Morgan fingerprint density at radius 3 is 2.20 bits per heavy atom. The Morgan fingerprint density at radius 1 is 1.33 bits per heavy atom. The zero-order valence-corrected chi connectivity index (χ0v) is 9.42. The highest BCUT2D eigenvalue weighted by atomic mass is 19.1. The molecule has 1 aromatic carbocycles. The first-order valence-electron chi connectivity index (χ1n) is 4.85. The fourth-order valence-corrected chi connectivity index (χ4v) is 0.819. The maximum absolute atomic E-state index is 10.6. The number of ether oxygens (including phenoxy) is 1. The minimum absolute atomic E-state index is 0.0376. The molecule has 84 valence electrons. The summed E-state index contributed by atoms with van der Waals surface area (Å²) in [5.41, 5.74) is 1.19. The van der Waals surface area contributed by atoms with Crippen molar-refractivity contribution in [2.45, 2.75) is 20.8 Å². The molecule has 0 heterocycles. The van der Waals surface area contributed by atoms with E-state index in [0.29, 0.717) is 0 Å². The van der Waals surface area contributed by atoms with Crippen molar-refractivity contribution >= 4 is 5.78 Å². The number of alkyl halides is 1. The molecule has 0 saturated carbocycles. The number of carbonyl (C=O) groups is 1. The third kappa shape index (κ3) is 7.67. The normalized spacial score (nSPS) is 8.80. The summed E-state index contributed by atoms with van der Waals surface area (Å²) in [5, 5.41) is 0. The lowest BCUT2D eigenvalue weighted by molar-refractivity contribution is -0.118. The maximum atomic E-state index is 10.6. The molecule has 0 N–H and O–H groups in total. The minimum atomic E-state index is -0.250. The molecule has 0 unspecified atom stereocenters. The van der Waals surface area contributed by atoms with Gasteiger partial charge in [0.2, 0.25) is 0 Å². The molecule has 0 saturated heterocycles. The molecule has 0 amide bonds. The molecule has 1 rings (SSSR count). The third-order valence-corrected chi connectivity index (χ3v) is 1.46. The molecule has 0 aliphatic rings. The van der Waals surface area contributed by atoms with Gasteiger partial charge in [-0.15, -0.1) is 0 Å². The molecule has 0 aromatic heterocycles. The van der Waals surface area contributed by atoms with Crippen molar-refractivity contribution in [3.05, 3.63) is 29.8 Å². The molecule has 0 atom stereocenters. The zero-order valence-electron chi connectivity index (χ0n) is 9.42. The first-order chi connectivity index (χ1) is 7.10. The van der Waals surface area contributed by atoms with Crippen LogP contribution in [0.15, 0.2) is 24.3 Å². The first-order valence-corrected chi connectivity index (χ1v) is 4.85. The SMILES string of the molecule is CC(=O)COc1ccc(C)cc1.CCF. The zero-order chi connectivity index (χ0) is 11.7. The summed E-state index contributed by atoms with van der Waals surface area (Å²) in [7, 11) is 0. The van der Waals surface area contributed by atoms with Gasteiger partial charge in [-0.2, -0.15) is 0 Å². The molecule has 1 aromatic rings. The fraction of sp³-hybridized carbons (Fsp3) is 0.417. The van der Waals surface area contributed by atoms with E-state index < -0.39 is 0 Å². The van der Waals surface area contributed by atoms with Gasteiger partial charge in [-0.05, 0) is 32.9 Å². The Balaban J connectivity index is 0.000000583. The van der Waals surface area contributed by atoms with Gasteiger partial charge in [-0.3, -0.25) is 9.18 Å². The molecule has 3 heteroatoms. The molecular weight excluding hydrogens is 195 g/mol. The highest BCUT2D eigenvalue weighted by Crippen LogP contribution is 2.10. The minimum Gasteiger partial charge on any atom is -0.486 e. The van der Waals surface area contributed by atoms with Gasteiger partial charge in [-0.25, -0.2) is 0 Å². The lowest BCUT2D eigenvalue weighted by Gasteiger charge is -2.02. The number of benzene rings is 1. The van der Waals surface area contributed by atoms with Crippen molar-refractivity contribution in [2.24, 2.45) is 0 Å². The molecule has 0 aliphatic heterocycles. The van der Waals surface area contributed by atoms with Crippen LogP contribution >= 0.6 is 0 Å². The smallest absolute Gasteiger partial charge is 0.167 e. The Hall–Kier alpha value is -1.38. The molecular formula is C12H17FO2. The van der Waals surface area contributed by atoms with Crippen LogP contribution in [0, 0.1) is 6.92 Å². The summed E-state index contributed by atoms with van der Waals surface area (Å²) in [4.78, 5) is 10.6. The van der Waals surface area contributed by atoms with E-state index in [1.165, 1.54) is 19.4 Å². The summed E-state index contributed by atoms with van der Waals surface area (Å²) < 4.78 is 15.5. The maximum Gasteiger partial charge on any atom is 0.167 e. The largest absolute Gasteiger partial charge is 0.486 e. The van der Waals surface area contributed by atoms with Crippen LogP contribution in [0.3, 0.4) is 0 Å². The number of aryl methyl sites for hydroxylation is 1. The van der Waals surface area contributed by atoms with E-state index in [0.717, 1.165) is 5.75 Å². The van der Waals surface area contributed by atoms with Gasteiger partial charge >= 0.3 is 0 Å². The number of carbonyl (C=O) groups excluding carboxylic acids is 1. The van der Waals surface area contributed by atoms with Crippen molar-refractivity contribution in [3.63, 3.8) is 0 Å². The van der Waals surface area contributed by atoms with E-state index >= 15 is 0 Å². The number of Topliss-reactive ketones (excluding diaryl/α,β-unsaturated/α-hetero) is 1. The average Bonchev–Trinajstić information content (AvgIpc) is 2.18. The van der Waals surface area contributed by atoms with Gasteiger partial charge in [0.25, 0.3) is 0 Å². The van der Waals surface area contributed by atoms with Crippen molar-refractivity contribution in [3.8, 4) is 5.75 Å². The number of hydrogen-bond donors (Lipinski definition) is 0. The van der Waals surface area contributed by atoms with Crippen molar-refractivity contribution in [1.29, 1.82) is 0 Å². The molecule has 0 radical (unpaired) electrons. The van der Waals surface area contributed by atoms with E-state index in [4.69, 9.17) is 4.74 Å². The topological polar surface area (TPSA) is 26.3 Å². The summed E-state index contributed by atoms with van der Waals surface area (Å²) in [6.45, 7) is 4.88. The second-order valence-corrected chi connectivity index (χ2v) is 3.07.